The summed E-state index contributed by atoms with van der Waals surface area (Å²) < 4.78 is 36.9. The molecule has 1 saturated heterocycles. The highest BCUT2D eigenvalue weighted by molar-refractivity contribution is 7.93. The number of carbonyl (C=O) groups excluding carboxylic acids is 1. The van der Waals surface area contributed by atoms with E-state index in [1.54, 1.807) is 48.5 Å². The Labute approximate surface area is 187 Å². The second-order valence-corrected chi connectivity index (χ2v) is 9.29. The van der Waals surface area contributed by atoms with Crippen molar-refractivity contribution in [1.82, 2.24) is 0 Å². The van der Waals surface area contributed by atoms with Crippen molar-refractivity contribution in [2.24, 2.45) is 0 Å². The van der Waals surface area contributed by atoms with E-state index in [1.165, 1.54) is 4.31 Å². The molecule has 1 fully saturated rings. The molecule has 0 unspecified atom stereocenters. The van der Waals surface area contributed by atoms with Gasteiger partial charge in [-0.2, -0.15) is 0 Å². The predicted molar refractivity (Wildman–Crippen MR) is 124 cm³/mol. The lowest BCUT2D eigenvalue weighted by atomic mass is 10.1. The molecule has 3 aromatic carbocycles. The van der Waals surface area contributed by atoms with Crippen molar-refractivity contribution in [3.8, 4) is 17.2 Å². The summed E-state index contributed by atoms with van der Waals surface area (Å²) in [5.41, 5.74) is 1.50. The standard InChI is InChI=1S/C24H24N2O5S/c1-2-30-21-11-13-23(14-12-21)31-22-9-7-19(8-10-22)25-24(27)18-5-3-6-20(17-18)26-15-4-16-32(26,28)29/h3,5-14,17H,2,4,15-16H2,1H3,(H,25,27). The third-order valence-corrected chi connectivity index (χ3v) is 6.85. The molecular weight excluding hydrogens is 428 g/mol. The normalized spacial score (nSPS) is 14.7. The van der Waals surface area contributed by atoms with E-state index in [0.29, 0.717) is 48.0 Å². The number of nitrogens with zero attached hydrogens (tertiary/aromatic N) is 1. The van der Waals surface area contributed by atoms with Gasteiger partial charge in [0.25, 0.3) is 5.91 Å². The van der Waals surface area contributed by atoms with Crippen LogP contribution in [-0.2, 0) is 10.0 Å². The van der Waals surface area contributed by atoms with Crippen LogP contribution >= 0.6 is 0 Å². The number of carbonyl (C=O) groups is 1. The highest BCUT2D eigenvalue weighted by atomic mass is 32.2. The van der Waals surface area contributed by atoms with Crippen LogP contribution in [0.5, 0.6) is 17.2 Å². The minimum atomic E-state index is -3.30. The van der Waals surface area contributed by atoms with E-state index in [2.05, 4.69) is 5.32 Å². The Morgan fingerprint density at radius 3 is 2.25 bits per heavy atom. The quantitative estimate of drug-likeness (QED) is 0.563. The number of anilines is 2. The Morgan fingerprint density at radius 2 is 1.62 bits per heavy atom. The zero-order valence-corrected chi connectivity index (χ0v) is 18.5. The fourth-order valence-corrected chi connectivity index (χ4v) is 5.00. The van der Waals surface area contributed by atoms with Crippen molar-refractivity contribution in [1.29, 1.82) is 0 Å². The van der Waals surface area contributed by atoms with Gasteiger partial charge in [-0.15, -0.1) is 0 Å². The summed E-state index contributed by atoms with van der Waals surface area (Å²) in [6, 6.07) is 21.0. The second kappa shape index (κ2) is 9.32. The van der Waals surface area contributed by atoms with Gasteiger partial charge in [-0.1, -0.05) is 6.07 Å². The Balaban J connectivity index is 1.40. The lowest BCUT2D eigenvalue weighted by Gasteiger charge is -2.17. The van der Waals surface area contributed by atoms with Crippen LogP contribution in [0, 0.1) is 0 Å². The average molecular weight is 453 g/mol. The maximum atomic E-state index is 12.7. The Hall–Kier alpha value is -3.52. The van der Waals surface area contributed by atoms with Crippen molar-refractivity contribution in [2.45, 2.75) is 13.3 Å². The van der Waals surface area contributed by atoms with Crippen molar-refractivity contribution < 1.29 is 22.7 Å². The maximum Gasteiger partial charge on any atom is 0.255 e. The molecule has 1 N–H and O–H groups in total. The van der Waals surface area contributed by atoms with Gasteiger partial charge < -0.3 is 14.8 Å². The van der Waals surface area contributed by atoms with Crippen LogP contribution in [0.15, 0.2) is 72.8 Å². The molecule has 8 heteroatoms. The minimum absolute atomic E-state index is 0.133. The minimum Gasteiger partial charge on any atom is -0.494 e. The number of hydrogen-bond donors (Lipinski definition) is 1. The van der Waals surface area contributed by atoms with Crippen LogP contribution in [0.3, 0.4) is 0 Å². The van der Waals surface area contributed by atoms with Crippen LogP contribution in [0.4, 0.5) is 11.4 Å². The van der Waals surface area contributed by atoms with E-state index < -0.39 is 10.0 Å². The summed E-state index contributed by atoms with van der Waals surface area (Å²) in [4.78, 5) is 12.7. The molecule has 0 radical (unpaired) electrons. The first-order valence-corrected chi connectivity index (χ1v) is 12.0. The molecule has 1 amide bonds. The number of amides is 1. The lowest BCUT2D eigenvalue weighted by molar-refractivity contribution is 0.102. The van der Waals surface area contributed by atoms with Gasteiger partial charge in [0.1, 0.15) is 17.2 Å². The summed E-state index contributed by atoms with van der Waals surface area (Å²) >= 11 is 0. The topological polar surface area (TPSA) is 84.9 Å². The van der Waals surface area contributed by atoms with Crippen molar-refractivity contribution in [3.05, 3.63) is 78.4 Å². The number of benzene rings is 3. The van der Waals surface area contributed by atoms with E-state index in [0.717, 1.165) is 5.75 Å². The van der Waals surface area contributed by atoms with Crippen LogP contribution in [0.1, 0.15) is 23.7 Å². The van der Waals surface area contributed by atoms with Gasteiger partial charge in [-0.25, -0.2) is 8.42 Å². The van der Waals surface area contributed by atoms with Gasteiger partial charge in [-0.05, 0) is 80.1 Å². The smallest absolute Gasteiger partial charge is 0.255 e. The van der Waals surface area contributed by atoms with Crippen molar-refractivity contribution in [2.75, 3.05) is 28.5 Å². The summed E-state index contributed by atoms with van der Waals surface area (Å²) in [6.45, 7) is 2.97. The van der Waals surface area contributed by atoms with E-state index >= 15 is 0 Å². The molecule has 4 rings (SSSR count). The molecule has 166 valence electrons. The Morgan fingerprint density at radius 1 is 0.969 bits per heavy atom. The van der Waals surface area contributed by atoms with Gasteiger partial charge in [0.15, 0.2) is 0 Å². The molecule has 0 atom stereocenters. The predicted octanol–water partition coefficient (Wildman–Crippen LogP) is 4.67. The van der Waals surface area contributed by atoms with Crippen molar-refractivity contribution >= 4 is 27.3 Å². The molecule has 0 bridgehead atoms. The molecule has 7 nitrogen and oxygen atoms in total. The maximum absolute atomic E-state index is 12.7. The molecule has 1 aliphatic rings. The summed E-state index contributed by atoms with van der Waals surface area (Å²) in [7, 11) is -3.30. The largest absolute Gasteiger partial charge is 0.494 e. The van der Waals surface area contributed by atoms with Gasteiger partial charge in [0.2, 0.25) is 10.0 Å². The summed E-state index contributed by atoms with van der Waals surface area (Å²) in [5, 5.41) is 2.83. The molecule has 0 spiro atoms. The zero-order valence-electron chi connectivity index (χ0n) is 17.7. The van der Waals surface area contributed by atoms with Crippen LogP contribution in [-0.4, -0.2) is 33.2 Å². The fourth-order valence-electron chi connectivity index (χ4n) is 3.45. The van der Waals surface area contributed by atoms with Gasteiger partial charge in [-0.3, -0.25) is 9.10 Å². The number of rotatable bonds is 7. The highest BCUT2D eigenvalue weighted by Gasteiger charge is 2.28. The van der Waals surface area contributed by atoms with E-state index in [9.17, 15) is 13.2 Å². The first kappa shape index (κ1) is 21.7. The van der Waals surface area contributed by atoms with Gasteiger partial charge >= 0.3 is 0 Å². The van der Waals surface area contributed by atoms with Crippen molar-refractivity contribution in [3.63, 3.8) is 0 Å². The molecule has 1 aliphatic heterocycles. The summed E-state index contributed by atoms with van der Waals surface area (Å²) in [6.07, 6.45) is 0.587. The molecular formula is C24H24N2O5S. The molecule has 32 heavy (non-hydrogen) atoms. The first-order valence-electron chi connectivity index (χ1n) is 10.4. The third-order valence-electron chi connectivity index (χ3n) is 4.98. The Kier molecular flexibility index (Phi) is 6.32. The van der Waals surface area contributed by atoms with E-state index in [4.69, 9.17) is 9.47 Å². The SMILES string of the molecule is CCOc1ccc(Oc2ccc(NC(=O)c3cccc(N4CCCS4(=O)=O)c3)cc2)cc1. The Bertz CT molecular complexity index is 1190. The molecule has 0 aromatic heterocycles. The average Bonchev–Trinajstić information content (AvgIpc) is 3.15. The number of ether oxygens (including phenoxy) is 2. The zero-order chi connectivity index (χ0) is 22.6. The van der Waals surface area contributed by atoms with Crippen LogP contribution in [0.2, 0.25) is 0 Å². The molecule has 1 heterocycles. The second-order valence-electron chi connectivity index (χ2n) is 7.28. The lowest BCUT2D eigenvalue weighted by Crippen LogP contribution is -2.25. The third kappa shape index (κ3) is 5.03. The van der Waals surface area contributed by atoms with E-state index in [-0.39, 0.29) is 11.7 Å². The monoisotopic (exact) mass is 452 g/mol. The van der Waals surface area contributed by atoms with Crippen LogP contribution in [0.25, 0.3) is 0 Å². The molecule has 0 saturated carbocycles. The molecule has 3 aromatic rings. The first-order chi connectivity index (χ1) is 15.4. The summed E-state index contributed by atoms with van der Waals surface area (Å²) in [5.74, 6) is 1.91. The molecule has 0 aliphatic carbocycles. The van der Waals surface area contributed by atoms with Gasteiger partial charge in [0, 0.05) is 17.8 Å². The highest BCUT2D eigenvalue weighted by Crippen LogP contribution is 2.27. The van der Waals surface area contributed by atoms with E-state index in [1.807, 2.05) is 31.2 Å². The number of sulfonamides is 1. The van der Waals surface area contributed by atoms with Gasteiger partial charge in [0.05, 0.1) is 18.0 Å². The number of nitrogens with one attached hydrogen (secondary N) is 1. The fraction of sp³-hybridized carbons (Fsp3) is 0.208. The van der Waals surface area contributed by atoms with Crippen LogP contribution < -0.4 is 19.1 Å². The number of hydrogen-bond acceptors (Lipinski definition) is 5.